The summed E-state index contributed by atoms with van der Waals surface area (Å²) >= 11 is 0. The van der Waals surface area contributed by atoms with Gasteiger partial charge in [-0.25, -0.2) is 14.8 Å². The monoisotopic (exact) mass is 327 g/mol. The van der Waals surface area contributed by atoms with E-state index in [9.17, 15) is 4.79 Å². The van der Waals surface area contributed by atoms with Crippen LogP contribution < -0.4 is 4.74 Å². The Hall–Kier alpha value is -2.47. The van der Waals surface area contributed by atoms with Gasteiger partial charge in [0, 0.05) is 30.9 Å². The fourth-order valence-electron chi connectivity index (χ4n) is 3.08. The number of rotatable bonds is 6. The number of carboxylic acids is 1. The smallest absolute Gasteiger partial charge is 0.341 e. The Labute approximate surface area is 141 Å². The summed E-state index contributed by atoms with van der Waals surface area (Å²) in [4.78, 5) is 21.3. The predicted molar refractivity (Wildman–Crippen MR) is 88.9 cm³/mol. The molecule has 0 saturated carbocycles. The molecular formula is C18H21N3O3. The van der Waals surface area contributed by atoms with E-state index in [-0.39, 0.29) is 6.61 Å². The molecule has 126 valence electrons. The van der Waals surface area contributed by atoms with Crippen LogP contribution in [0.4, 0.5) is 0 Å². The second-order valence-electron chi connectivity index (χ2n) is 6.03. The molecule has 1 fully saturated rings. The second-order valence-corrected chi connectivity index (χ2v) is 6.03. The SMILES string of the molecule is O=C(O)COc1ccc(CN2CCCC(c3ccncn3)C2)cc1. The second kappa shape index (κ2) is 7.88. The molecule has 1 atom stereocenters. The number of ether oxygens (including phenoxy) is 1. The van der Waals surface area contributed by atoms with Crippen LogP contribution in [0.5, 0.6) is 5.75 Å². The van der Waals surface area contributed by atoms with Gasteiger partial charge in [-0.3, -0.25) is 4.90 Å². The van der Waals surface area contributed by atoms with E-state index in [4.69, 9.17) is 9.84 Å². The number of hydrogen-bond donors (Lipinski definition) is 1. The molecule has 0 spiro atoms. The molecule has 0 radical (unpaired) electrons. The van der Waals surface area contributed by atoms with Crippen LogP contribution in [0.1, 0.15) is 30.0 Å². The van der Waals surface area contributed by atoms with Gasteiger partial charge in [0.25, 0.3) is 0 Å². The van der Waals surface area contributed by atoms with Gasteiger partial charge in [0.15, 0.2) is 6.61 Å². The summed E-state index contributed by atoms with van der Waals surface area (Å²) in [5, 5.41) is 8.62. The van der Waals surface area contributed by atoms with Crippen LogP contribution >= 0.6 is 0 Å². The van der Waals surface area contributed by atoms with E-state index in [1.165, 1.54) is 5.56 Å². The van der Waals surface area contributed by atoms with Crippen LogP contribution in [-0.4, -0.2) is 45.6 Å². The normalized spacial score (nSPS) is 18.2. The molecule has 1 aliphatic heterocycles. The van der Waals surface area contributed by atoms with Crippen molar-refractivity contribution < 1.29 is 14.6 Å². The third-order valence-corrected chi connectivity index (χ3v) is 4.22. The van der Waals surface area contributed by atoms with Crippen molar-refractivity contribution in [3.05, 3.63) is 54.1 Å². The lowest BCUT2D eigenvalue weighted by atomic mass is 9.94. The van der Waals surface area contributed by atoms with E-state index in [1.807, 2.05) is 30.3 Å². The number of likely N-dealkylation sites (tertiary alicyclic amines) is 1. The van der Waals surface area contributed by atoms with Gasteiger partial charge >= 0.3 is 5.97 Å². The Bertz CT molecular complexity index is 661. The molecule has 1 aromatic carbocycles. The summed E-state index contributed by atoms with van der Waals surface area (Å²) in [6.07, 6.45) is 5.74. The third-order valence-electron chi connectivity index (χ3n) is 4.22. The van der Waals surface area contributed by atoms with Gasteiger partial charge in [0.05, 0.1) is 0 Å². The highest BCUT2D eigenvalue weighted by Crippen LogP contribution is 2.26. The molecule has 1 saturated heterocycles. The summed E-state index contributed by atoms with van der Waals surface area (Å²) in [5.41, 5.74) is 2.31. The molecule has 1 aliphatic rings. The molecule has 6 heteroatoms. The summed E-state index contributed by atoms with van der Waals surface area (Å²) in [7, 11) is 0. The molecule has 6 nitrogen and oxygen atoms in total. The number of carbonyl (C=O) groups is 1. The van der Waals surface area contributed by atoms with E-state index in [1.54, 1.807) is 12.5 Å². The molecule has 2 aromatic rings. The quantitative estimate of drug-likeness (QED) is 0.877. The number of aliphatic carboxylic acids is 1. The van der Waals surface area contributed by atoms with Gasteiger partial charge < -0.3 is 9.84 Å². The third kappa shape index (κ3) is 4.52. The largest absolute Gasteiger partial charge is 0.482 e. The molecular weight excluding hydrogens is 306 g/mol. The maximum absolute atomic E-state index is 10.5. The van der Waals surface area contributed by atoms with Gasteiger partial charge in [0.1, 0.15) is 12.1 Å². The van der Waals surface area contributed by atoms with Crippen molar-refractivity contribution in [1.82, 2.24) is 14.9 Å². The van der Waals surface area contributed by atoms with E-state index < -0.39 is 5.97 Å². The van der Waals surface area contributed by atoms with E-state index in [0.29, 0.717) is 11.7 Å². The van der Waals surface area contributed by atoms with Crippen LogP contribution in [-0.2, 0) is 11.3 Å². The molecule has 1 unspecified atom stereocenters. The van der Waals surface area contributed by atoms with Gasteiger partial charge in [-0.2, -0.15) is 0 Å². The van der Waals surface area contributed by atoms with E-state index >= 15 is 0 Å². The maximum atomic E-state index is 10.5. The lowest BCUT2D eigenvalue weighted by molar-refractivity contribution is -0.139. The molecule has 1 aromatic heterocycles. The number of piperidine rings is 1. The van der Waals surface area contributed by atoms with Crippen molar-refractivity contribution in [2.75, 3.05) is 19.7 Å². The fraction of sp³-hybridized carbons (Fsp3) is 0.389. The lowest BCUT2D eigenvalue weighted by Crippen LogP contribution is -2.34. The topological polar surface area (TPSA) is 75.6 Å². The number of aromatic nitrogens is 2. The zero-order chi connectivity index (χ0) is 16.8. The van der Waals surface area contributed by atoms with Crippen molar-refractivity contribution in [3.8, 4) is 5.75 Å². The molecule has 2 heterocycles. The van der Waals surface area contributed by atoms with Gasteiger partial charge in [-0.15, -0.1) is 0 Å². The molecule has 3 rings (SSSR count). The van der Waals surface area contributed by atoms with Crippen LogP contribution in [0.2, 0.25) is 0 Å². The standard InChI is InChI=1S/C18H21N3O3/c22-18(23)12-24-16-5-3-14(4-6-16)10-21-9-1-2-15(11-21)17-7-8-19-13-20-17/h3-8,13,15H,1-2,9-12H2,(H,22,23). The van der Waals surface area contributed by atoms with Crippen molar-refractivity contribution in [1.29, 1.82) is 0 Å². The molecule has 0 amide bonds. The molecule has 1 N–H and O–H groups in total. The van der Waals surface area contributed by atoms with E-state index in [2.05, 4.69) is 14.9 Å². The van der Waals surface area contributed by atoms with Gasteiger partial charge in [-0.05, 0) is 43.1 Å². The average Bonchev–Trinajstić information content (AvgIpc) is 2.62. The fourth-order valence-corrected chi connectivity index (χ4v) is 3.08. The zero-order valence-corrected chi connectivity index (χ0v) is 13.5. The Morgan fingerprint density at radius 3 is 2.83 bits per heavy atom. The van der Waals surface area contributed by atoms with Crippen molar-refractivity contribution >= 4 is 5.97 Å². The van der Waals surface area contributed by atoms with Gasteiger partial charge in [-0.1, -0.05) is 12.1 Å². The summed E-state index contributed by atoms with van der Waals surface area (Å²) in [5.74, 6) is 0.0711. The summed E-state index contributed by atoms with van der Waals surface area (Å²) < 4.78 is 5.16. The minimum absolute atomic E-state index is 0.313. The molecule has 0 bridgehead atoms. The first-order chi connectivity index (χ1) is 11.7. The Morgan fingerprint density at radius 2 is 2.12 bits per heavy atom. The zero-order valence-electron chi connectivity index (χ0n) is 13.5. The Balaban J connectivity index is 1.56. The van der Waals surface area contributed by atoms with Crippen LogP contribution in [0.3, 0.4) is 0 Å². The van der Waals surface area contributed by atoms with Crippen molar-refractivity contribution in [2.45, 2.75) is 25.3 Å². The van der Waals surface area contributed by atoms with Crippen molar-refractivity contribution in [2.24, 2.45) is 0 Å². The highest BCUT2D eigenvalue weighted by Gasteiger charge is 2.22. The van der Waals surface area contributed by atoms with Crippen molar-refractivity contribution in [3.63, 3.8) is 0 Å². The minimum Gasteiger partial charge on any atom is -0.482 e. The van der Waals surface area contributed by atoms with E-state index in [0.717, 1.165) is 38.2 Å². The predicted octanol–water partition coefficient (Wildman–Crippen LogP) is 2.32. The first-order valence-electron chi connectivity index (χ1n) is 8.12. The lowest BCUT2D eigenvalue weighted by Gasteiger charge is -2.32. The minimum atomic E-state index is -0.969. The highest BCUT2D eigenvalue weighted by molar-refractivity contribution is 5.68. The number of nitrogens with zero attached hydrogens (tertiary/aromatic N) is 3. The number of benzene rings is 1. The van der Waals surface area contributed by atoms with Crippen LogP contribution in [0.15, 0.2) is 42.9 Å². The van der Waals surface area contributed by atoms with Crippen LogP contribution in [0.25, 0.3) is 0 Å². The number of carboxylic acid groups (broad SMARTS) is 1. The summed E-state index contributed by atoms with van der Waals surface area (Å²) in [6.45, 7) is 2.64. The average molecular weight is 327 g/mol. The summed E-state index contributed by atoms with van der Waals surface area (Å²) in [6, 6.07) is 9.63. The first-order valence-corrected chi connectivity index (χ1v) is 8.12. The van der Waals surface area contributed by atoms with Gasteiger partial charge in [0.2, 0.25) is 0 Å². The Morgan fingerprint density at radius 1 is 1.29 bits per heavy atom. The van der Waals surface area contributed by atoms with Crippen LogP contribution in [0, 0.1) is 0 Å². The molecule has 24 heavy (non-hydrogen) atoms. The maximum Gasteiger partial charge on any atom is 0.341 e. The first kappa shape index (κ1) is 16.4. The highest BCUT2D eigenvalue weighted by atomic mass is 16.5. The molecule has 0 aliphatic carbocycles. The number of hydrogen-bond acceptors (Lipinski definition) is 5. The Kier molecular flexibility index (Phi) is 5.38.